The number of halogens is 4. The van der Waals surface area contributed by atoms with Gasteiger partial charge < -0.3 is 16.0 Å². The van der Waals surface area contributed by atoms with Gasteiger partial charge in [0.25, 0.3) is 5.91 Å². The molecule has 5 nitrogen and oxygen atoms in total. The average Bonchev–Trinajstić information content (AvgIpc) is 3.05. The molecule has 9 heteroatoms. The maximum atomic E-state index is 13.7. The summed E-state index contributed by atoms with van der Waals surface area (Å²) in [6.45, 7) is 2.91. The third-order valence-electron chi connectivity index (χ3n) is 4.74. The topological polar surface area (TPSA) is 75.4 Å². The van der Waals surface area contributed by atoms with Gasteiger partial charge in [-0.2, -0.15) is 0 Å². The van der Waals surface area contributed by atoms with Gasteiger partial charge in [0, 0.05) is 37.7 Å². The molecule has 1 heterocycles. The van der Waals surface area contributed by atoms with Crippen molar-refractivity contribution in [3.8, 4) is 0 Å². The second kappa shape index (κ2) is 8.89. The minimum absolute atomic E-state index is 0.102. The quantitative estimate of drug-likeness (QED) is 0.542. The minimum Gasteiger partial charge on any atom is -0.351 e. The smallest absolute Gasteiger partial charge is 0.257 e. The van der Waals surface area contributed by atoms with Crippen molar-refractivity contribution in [3.63, 3.8) is 0 Å². The fourth-order valence-electron chi connectivity index (χ4n) is 3.21. The van der Waals surface area contributed by atoms with E-state index in [1.807, 2.05) is 0 Å². The van der Waals surface area contributed by atoms with Crippen molar-refractivity contribution >= 4 is 11.8 Å². The first-order valence-electron chi connectivity index (χ1n) is 9.14. The van der Waals surface area contributed by atoms with E-state index in [0.29, 0.717) is 19.0 Å². The van der Waals surface area contributed by atoms with Crippen molar-refractivity contribution in [1.29, 1.82) is 0 Å². The molecule has 2 amide bonds. The van der Waals surface area contributed by atoms with Crippen LogP contribution in [0, 0.1) is 17.5 Å². The number of amides is 2. The van der Waals surface area contributed by atoms with E-state index in [1.54, 1.807) is 4.90 Å². The molecular weight excluding hydrogens is 378 g/mol. The second-order valence-corrected chi connectivity index (χ2v) is 7.59. The molecule has 0 bridgehead atoms. The zero-order valence-corrected chi connectivity index (χ0v) is 15.9. The molecule has 1 fully saturated rings. The largest absolute Gasteiger partial charge is 0.351 e. The van der Waals surface area contributed by atoms with Crippen LogP contribution >= 0.6 is 0 Å². The van der Waals surface area contributed by atoms with E-state index in [-0.39, 0.29) is 36.9 Å². The van der Waals surface area contributed by atoms with Crippen molar-refractivity contribution in [1.82, 2.24) is 10.2 Å². The molecule has 1 saturated heterocycles. The Labute approximate surface area is 161 Å². The van der Waals surface area contributed by atoms with E-state index in [2.05, 4.69) is 5.32 Å². The van der Waals surface area contributed by atoms with Gasteiger partial charge in [-0.15, -0.1) is 0 Å². The number of nitrogens with one attached hydrogen (secondary N) is 1. The van der Waals surface area contributed by atoms with Crippen LogP contribution in [0.4, 0.5) is 17.6 Å². The first-order chi connectivity index (χ1) is 13.0. The third kappa shape index (κ3) is 5.67. The average molecular weight is 403 g/mol. The van der Waals surface area contributed by atoms with Gasteiger partial charge in [-0.3, -0.25) is 9.59 Å². The summed E-state index contributed by atoms with van der Waals surface area (Å²) in [6, 6.07) is 0.130. The molecule has 3 N–H and O–H groups in total. The SMILES string of the molecule is CC(C)(F)C(=O)NC[C@@H]1CCCN1C(=O)C[C@@H](N)Cc1cc(F)c(F)cc1F. The first kappa shape index (κ1) is 22.1. The van der Waals surface area contributed by atoms with Crippen molar-refractivity contribution in [2.75, 3.05) is 13.1 Å². The number of carbonyl (C=O) groups is 2. The molecular formula is C19H25F4N3O2. The molecule has 1 aliphatic heterocycles. The maximum Gasteiger partial charge on any atom is 0.257 e. The lowest BCUT2D eigenvalue weighted by Gasteiger charge is -2.27. The molecule has 1 aliphatic rings. The normalized spacial score (nSPS) is 18.2. The van der Waals surface area contributed by atoms with Crippen LogP contribution in [0.25, 0.3) is 0 Å². The molecule has 0 unspecified atom stereocenters. The summed E-state index contributed by atoms with van der Waals surface area (Å²) in [4.78, 5) is 25.8. The van der Waals surface area contributed by atoms with Crippen LogP contribution in [-0.2, 0) is 16.0 Å². The van der Waals surface area contributed by atoms with Crippen molar-refractivity contribution in [2.45, 2.75) is 57.3 Å². The van der Waals surface area contributed by atoms with Gasteiger partial charge in [0.2, 0.25) is 5.91 Å². The van der Waals surface area contributed by atoms with Crippen LogP contribution in [0.1, 0.15) is 38.7 Å². The highest BCUT2D eigenvalue weighted by Gasteiger charge is 2.32. The summed E-state index contributed by atoms with van der Waals surface area (Å²) < 4.78 is 53.6. The summed E-state index contributed by atoms with van der Waals surface area (Å²) in [5.41, 5.74) is 3.79. The zero-order valence-electron chi connectivity index (χ0n) is 15.9. The molecule has 0 saturated carbocycles. The predicted molar refractivity (Wildman–Crippen MR) is 95.5 cm³/mol. The van der Waals surface area contributed by atoms with Gasteiger partial charge in [-0.1, -0.05) is 0 Å². The Morgan fingerprint density at radius 1 is 1.25 bits per heavy atom. The number of likely N-dealkylation sites (tertiary alicyclic amines) is 1. The summed E-state index contributed by atoms with van der Waals surface area (Å²) in [5, 5.41) is 2.50. The van der Waals surface area contributed by atoms with Crippen molar-refractivity contribution < 1.29 is 27.2 Å². The van der Waals surface area contributed by atoms with Gasteiger partial charge in [0.05, 0.1) is 0 Å². The summed E-state index contributed by atoms with van der Waals surface area (Å²) in [6.07, 6.45) is 1.15. The molecule has 28 heavy (non-hydrogen) atoms. The number of carbonyl (C=O) groups excluding carboxylic acids is 2. The van der Waals surface area contributed by atoms with E-state index in [4.69, 9.17) is 5.73 Å². The van der Waals surface area contributed by atoms with Crippen LogP contribution in [0.15, 0.2) is 12.1 Å². The number of hydrogen-bond donors (Lipinski definition) is 2. The van der Waals surface area contributed by atoms with Crippen LogP contribution < -0.4 is 11.1 Å². The fraction of sp³-hybridized carbons (Fsp3) is 0.579. The molecule has 156 valence electrons. The standard InChI is InChI=1S/C19H25F4N3O2/c1-19(2,23)18(28)25-10-13-4-3-5-26(13)17(27)8-12(24)6-11-7-15(21)16(22)9-14(11)20/h7,9,12-13H,3-6,8,10,24H2,1-2H3,(H,25,28)/t12-,13-/m0/s1. The number of hydrogen-bond acceptors (Lipinski definition) is 3. The molecule has 1 aromatic carbocycles. The lowest BCUT2D eigenvalue weighted by molar-refractivity contribution is -0.134. The lowest BCUT2D eigenvalue weighted by Crippen LogP contribution is -2.48. The summed E-state index contributed by atoms with van der Waals surface area (Å²) in [5.74, 6) is -4.42. The Morgan fingerprint density at radius 3 is 2.54 bits per heavy atom. The Balaban J connectivity index is 1.92. The van der Waals surface area contributed by atoms with Crippen LogP contribution in [0.5, 0.6) is 0 Å². The monoisotopic (exact) mass is 403 g/mol. The van der Waals surface area contributed by atoms with Crippen molar-refractivity contribution in [2.24, 2.45) is 5.73 Å². The van der Waals surface area contributed by atoms with E-state index >= 15 is 0 Å². The second-order valence-electron chi connectivity index (χ2n) is 7.59. The van der Waals surface area contributed by atoms with Gasteiger partial charge >= 0.3 is 0 Å². The molecule has 0 aromatic heterocycles. The van der Waals surface area contributed by atoms with Crippen molar-refractivity contribution in [3.05, 3.63) is 35.1 Å². The van der Waals surface area contributed by atoms with E-state index in [9.17, 15) is 27.2 Å². The van der Waals surface area contributed by atoms with E-state index < -0.39 is 35.1 Å². The summed E-state index contributed by atoms with van der Waals surface area (Å²) in [7, 11) is 0. The molecule has 0 aliphatic carbocycles. The number of nitrogens with two attached hydrogens (primary N) is 1. The maximum absolute atomic E-state index is 13.7. The van der Waals surface area contributed by atoms with Gasteiger partial charge in [-0.05, 0) is 44.7 Å². The third-order valence-corrected chi connectivity index (χ3v) is 4.74. The number of benzene rings is 1. The van der Waals surface area contributed by atoms with E-state index in [1.165, 1.54) is 0 Å². The highest BCUT2D eigenvalue weighted by Crippen LogP contribution is 2.20. The Kier molecular flexibility index (Phi) is 7.03. The summed E-state index contributed by atoms with van der Waals surface area (Å²) >= 11 is 0. The van der Waals surface area contributed by atoms with Gasteiger partial charge in [0.1, 0.15) is 5.82 Å². The number of rotatable bonds is 7. The molecule has 0 radical (unpaired) electrons. The van der Waals surface area contributed by atoms with Crippen LogP contribution in [0.2, 0.25) is 0 Å². The minimum atomic E-state index is -2.01. The van der Waals surface area contributed by atoms with Gasteiger partial charge in [0.15, 0.2) is 17.3 Å². The molecule has 2 rings (SSSR count). The molecule has 1 aromatic rings. The Hall–Kier alpha value is -2.16. The Bertz CT molecular complexity index is 737. The number of nitrogens with zero attached hydrogens (tertiary/aromatic N) is 1. The highest BCUT2D eigenvalue weighted by atomic mass is 19.2. The van der Waals surface area contributed by atoms with Crippen LogP contribution in [0.3, 0.4) is 0 Å². The predicted octanol–water partition coefficient (Wildman–Crippen LogP) is 2.22. The van der Waals surface area contributed by atoms with Crippen LogP contribution in [-0.4, -0.2) is 47.6 Å². The highest BCUT2D eigenvalue weighted by molar-refractivity contribution is 5.84. The fourth-order valence-corrected chi connectivity index (χ4v) is 3.21. The lowest BCUT2D eigenvalue weighted by atomic mass is 10.0. The number of alkyl halides is 1. The first-order valence-corrected chi connectivity index (χ1v) is 9.14. The Morgan fingerprint density at radius 2 is 1.89 bits per heavy atom. The molecule has 2 atom stereocenters. The van der Waals surface area contributed by atoms with E-state index in [0.717, 1.165) is 26.3 Å². The molecule has 0 spiro atoms. The van der Waals surface area contributed by atoms with Gasteiger partial charge in [-0.25, -0.2) is 17.6 Å². The zero-order chi connectivity index (χ0) is 21.1.